The highest BCUT2D eigenvalue weighted by molar-refractivity contribution is 5.61. The van der Waals surface area contributed by atoms with Crippen molar-refractivity contribution >= 4 is 23.3 Å². The van der Waals surface area contributed by atoms with Crippen LogP contribution in [0.5, 0.6) is 5.75 Å². The van der Waals surface area contributed by atoms with E-state index in [-0.39, 0.29) is 5.95 Å². The first kappa shape index (κ1) is 11.9. The van der Waals surface area contributed by atoms with Gasteiger partial charge < -0.3 is 21.2 Å². The van der Waals surface area contributed by atoms with E-state index in [0.29, 0.717) is 11.6 Å². The zero-order valence-corrected chi connectivity index (χ0v) is 9.84. The maximum atomic E-state index is 5.56. The van der Waals surface area contributed by atoms with E-state index in [9.17, 15) is 0 Å². The van der Waals surface area contributed by atoms with Crippen LogP contribution in [-0.2, 0) is 0 Å². The van der Waals surface area contributed by atoms with Gasteiger partial charge in [-0.1, -0.05) is 0 Å². The molecule has 0 amide bonds. The molecular formula is C11H14N6O. The smallest absolute Gasteiger partial charge is 0.223 e. The standard InChI is InChI=1S/C11H14N6O/c1-18-8-4-2-7(3-5-8)14-9-6-10(17-13)16-11(12)15-9/h2-6H,13H2,1H3,(H4,12,14,15,16,17). The molecule has 0 spiro atoms. The molecule has 0 bridgehead atoms. The van der Waals surface area contributed by atoms with Gasteiger partial charge in [0.15, 0.2) is 0 Å². The molecule has 0 atom stereocenters. The number of nitrogens with zero attached hydrogens (tertiary/aromatic N) is 2. The van der Waals surface area contributed by atoms with E-state index in [1.165, 1.54) is 0 Å². The Labute approximate surface area is 104 Å². The fraction of sp³-hybridized carbons (Fsp3) is 0.0909. The van der Waals surface area contributed by atoms with Gasteiger partial charge in [0.05, 0.1) is 7.11 Å². The lowest BCUT2D eigenvalue weighted by Gasteiger charge is -2.08. The first-order chi connectivity index (χ1) is 8.71. The number of nitrogens with one attached hydrogen (secondary N) is 2. The molecule has 6 N–H and O–H groups in total. The first-order valence-electron chi connectivity index (χ1n) is 5.23. The van der Waals surface area contributed by atoms with Crippen LogP contribution in [-0.4, -0.2) is 17.1 Å². The summed E-state index contributed by atoms with van der Waals surface area (Å²) in [6.07, 6.45) is 0. The fourth-order valence-corrected chi connectivity index (χ4v) is 1.43. The third kappa shape index (κ3) is 2.77. The van der Waals surface area contributed by atoms with Crippen molar-refractivity contribution in [3.63, 3.8) is 0 Å². The van der Waals surface area contributed by atoms with Gasteiger partial charge in [-0.3, -0.25) is 0 Å². The predicted octanol–water partition coefficient (Wildman–Crippen LogP) is 1.10. The Kier molecular flexibility index (Phi) is 3.44. The Morgan fingerprint density at radius 2 is 1.78 bits per heavy atom. The molecule has 0 saturated carbocycles. The van der Waals surface area contributed by atoms with Crippen LogP contribution in [0, 0.1) is 0 Å². The molecule has 0 aliphatic heterocycles. The van der Waals surface area contributed by atoms with Crippen LogP contribution >= 0.6 is 0 Å². The van der Waals surface area contributed by atoms with Gasteiger partial charge in [-0.2, -0.15) is 9.97 Å². The molecule has 1 heterocycles. The maximum Gasteiger partial charge on any atom is 0.223 e. The second-order valence-corrected chi connectivity index (χ2v) is 3.49. The SMILES string of the molecule is COc1ccc(Nc2cc(NN)nc(N)n2)cc1. The molecular weight excluding hydrogens is 232 g/mol. The highest BCUT2D eigenvalue weighted by Gasteiger charge is 2.02. The molecule has 0 aliphatic rings. The van der Waals surface area contributed by atoms with Crippen molar-refractivity contribution in [3.05, 3.63) is 30.3 Å². The summed E-state index contributed by atoms with van der Waals surface area (Å²) >= 11 is 0. The van der Waals surface area contributed by atoms with Crippen molar-refractivity contribution < 1.29 is 4.74 Å². The fourth-order valence-electron chi connectivity index (χ4n) is 1.43. The molecule has 2 aromatic rings. The number of benzene rings is 1. The lowest BCUT2D eigenvalue weighted by Crippen LogP contribution is -2.11. The average Bonchev–Trinajstić information content (AvgIpc) is 2.39. The first-order valence-corrected chi connectivity index (χ1v) is 5.23. The minimum absolute atomic E-state index is 0.140. The van der Waals surface area contributed by atoms with E-state index in [1.54, 1.807) is 13.2 Å². The summed E-state index contributed by atoms with van der Waals surface area (Å²) in [6.45, 7) is 0. The van der Waals surface area contributed by atoms with Crippen molar-refractivity contribution in [2.75, 3.05) is 23.6 Å². The summed E-state index contributed by atoms with van der Waals surface area (Å²) in [5, 5.41) is 3.09. The number of methoxy groups -OCH3 is 1. The molecule has 94 valence electrons. The van der Waals surface area contributed by atoms with E-state index in [1.807, 2.05) is 24.3 Å². The molecule has 1 aromatic carbocycles. The quantitative estimate of drug-likeness (QED) is 0.472. The van der Waals surface area contributed by atoms with Gasteiger partial charge in [0.2, 0.25) is 5.95 Å². The zero-order chi connectivity index (χ0) is 13.0. The number of nitrogens with two attached hydrogens (primary N) is 2. The van der Waals surface area contributed by atoms with E-state index in [2.05, 4.69) is 20.7 Å². The van der Waals surface area contributed by atoms with Crippen LogP contribution < -0.4 is 27.1 Å². The van der Waals surface area contributed by atoms with Crippen LogP contribution in [0.1, 0.15) is 0 Å². The van der Waals surface area contributed by atoms with E-state index >= 15 is 0 Å². The summed E-state index contributed by atoms with van der Waals surface area (Å²) in [5.41, 5.74) is 8.84. The maximum absolute atomic E-state index is 5.56. The van der Waals surface area contributed by atoms with Gasteiger partial charge in [-0.15, -0.1) is 0 Å². The van der Waals surface area contributed by atoms with Crippen molar-refractivity contribution in [1.82, 2.24) is 9.97 Å². The molecule has 0 unspecified atom stereocenters. The minimum Gasteiger partial charge on any atom is -0.497 e. The Bertz CT molecular complexity index is 528. The monoisotopic (exact) mass is 246 g/mol. The molecule has 2 rings (SSSR count). The number of aromatic nitrogens is 2. The number of hydrogen-bond acceptors (Lipinski definition) is 7. The normalized spacial score (nSPS) is 9.89. The summed E-state index contributed by atoms with van der Waals surface area (Å²) < 4.78 is 5.08. The van der Waals surface area contributed by atoms with E-state index < -0.39 is 0 Å². The predicted molar refractivity (Wildman–Crippen MR) is 70.5 cm³/mol. The lowest BCUT2D eigenvalue weighted by atomic mass is 10.3. The largest absolute Gasteiger partial charge is 0.497 e. The molecule has 7 heteroatoms. The number of nitrogen functional groups attached to an aromatic ring is 2. The van der Waals surface area contributed by atoms with Gasteiger partial charge in [0, 0.05) is 11.8 Å². The highest BCUT2D eigenvalue weighted by atomic mass is 16.5. The third-order valence-corrected chi connectivity index (χ3v) is 2.25. The number of hydrogen-bond donors (Lipinski definition) is 4. The number of anilines is 4. The Morgan fingerprint density at radius 3 is 2.39 bits per heavy atom. The second-order valence-electron chi connectivity index (χ2n) is 3.49. The molecule has 0 fully saturated rings. The summed E-state index contributed by atoms with van der Waals surface area (Å²) in [4.78, 5) is 7.94. The molecule has 0 aliphatic carbocycles. The van der Waals surface area contributed by atoms with Crippen molar-refractivity contribution in [2.24, 2.45) is 5.84 Å². The van der Waals surface area contributed by atoms with Crippen molar-refractivity contribution in [3.8, 4) is 5.75 Å². The van der Waals surface area contributed by atoms with Crippen LogP contribution in [0.25, 0.3) is 0 Å². The molecule has 7 nitrogen and oxygen atoms in total. The Morgan fingerprint density at radius 1 is 1.11 bits per heavy atom. The number of rotatable bonds is 4. The summed E-state index contributed by atoms with van der Waals surface area (Å²) in [6, 6.07) is 9.07. The van der Waals surface area contributed by atoms with Gasteiger partial charge in [0.1, 0.15) is 17.4 Å². The van der Waals surface area contributed by atoms with Crippen molar-refractivity contribution in [2.45, 2.75) is 0 Å². The van der Waals surface area contributed by atoms with Crippen LogP contribution in [0.15, 0.2) is 30.3 Å². The topological polar surface area (TPSA) is 111 Å². The average molecular weight is 246 g/mol. The third-order valence-electron chi connectivity index (χ3n) is 2.25. The summed E-state index contributed by atoms with van der Waals surface area (Å²) in [5.74, 6) is 7.20. The van der Waals surface area contributed by atoms with Gasteiger partial charge >= 0.3 is 0 Å². The second kappa shape index (κ2) is 5.19. The van der Waals surface area contributed by atoms with Gasteiger partial charge in [-0.05, 0) is 24.3 Å². The molecule has 1 aromatic heterocycles. The van der Waals surface area contributed by atoms with Crippen LogP contribution in [0.4, 0.5) is 23.3 Å². The van der Waals surface area contributed by atoms with Crippen LogP contribution in [0.3, 0.4) is 0 Å². The molecule has 18 heavy (non-hydrogen) atoms. The molecule has 0 saturated heterocycles. The highest BCUT2D eigenvalue weighted by Crippen LogP contribution is 2.20. The van der Waals surface area contributed by atoms with E-state index in [4.69, 9.17) is 16.3 Å². The number of hydrazine groups is 1. The Balaban J connectivity index is 2.19. The van der Waals surface area contributed by atoms with Crippen molar-refractivity contribution in [1.29, 1.82) is 0 Å². The Hall–Kier alpha value is -2.54. The van der Waals surface area contributed by atoms with Gasteiger partial charge in [-0.25, -0.2) is 5.84 Å². The number of ether oxygens (including phenoxy) is 1. The zero-order valence-electron chi connectivity index (χ0n) is 9.84. The van der Waals surface area contributed by atoms with Crippen LogP contribution in [0.2, 0.25) is 0 Å². The minimum atomic E-state index is 0.140. The lowest BCUT2D eigenvalue weighted by molar-refractivity contribution is 0.415. The molecule has 0 radical (unpaired) electrons. The summed E-state index contributed by atoms with van der Waals surface area (Å²) in [7, 11) is 1.62. The van der Waals surface area contributed by atoms with E-state index in [0.717, 1.165) is 11.4 Å². The van der Waals surface area contributed by atoms with Gasteiger partial charge in [0.25, 0.3) is 0 Å².